The number of likely N-dealkylation sites (N-methyl/N-ethyl adjacent to an activating group) is 1. The van der Waals surface area contributed by atoms with Crippen molar-refractivity contribution in [1.82, 2.24) is 9.80 Å². The van der Waals surface area contributed by atoms with Crippen LogP contribution in [0.3, 0.4) is 0 Å². The van der Waals surface area contributed by atoms with E-state index in [1.807, 2.05) is 11.9 Å². The maximum Gasteiger partial charge on any atom is 0.236 e. The highest BCUT2D eigenvalue weighted by molar-refractivity contribution is 5.78. The van der Waals surface area contributed by atoms with Crippen LogP contribution in [0.1, 0.15) is 12.8 Å². The van der Waals surface area contributed by atoms with Gasteiger partial charge in [0.25, 0.3) is 0 Å². The Morgan fingerprint density at radius 3 is 2.93 bits per heavy atom. The van der Waals surface area contributed by atoms with Crippen molar-refractivity contribution in [2.75, 3.05) is 46.9 Å². The zero-order valence-electron chi connectivity index (χ0n) is 9.16. The Hall–Kier alpha value is -0.610. The summed E-state index contributed by atoms with van der Waals surface area (Å²) in [5.41, 5.74) is 0. The highest BCUT2D eigenvalue weighted by Gasteiger charge is 2.17. The topological polar surface area (TPSA) is 32.8 Å². The number of hydrogen-bond donors (Lipinski definition) is 0. The zero-order chi connectivity index (χ0) is 10.4. The summed E-state index contributed by atoms with van der Waals surface area (Å²) in [7, 11) is 3.59. The normalized spacial score (nSPS) is 19.9. The molecule has 4 nitrogen and oxygen atoms in total. The van der Waals surface area contributed by atoms with Crippen LogP contribution in [0, 0.1) is 0 Å². The fraction of sp³-hybridized carbons (Fsp3) is 0.900. The Bertz CT molecular complexity index is 185. The van der Waals surface area contributed by atoms with E-state index in [9.17, 15) is 4.79 Å². The first-order valence-electron chi connectivity index (χ1n) is 5.19. The number of nitrogens with zero attached hydrogens (tertiary/aromatic N) is 2. The molecule has 1 amide bonds. The maximum absolute atomic E-state index is 11.5. The molecular formula is C10H20N2O2. The first-order chi connectivity index (χ1) is 6.74. The van der Waals surface area contributed by atoms with Crippen molar-refractivity contribution in [2.24, 2.45) is 0 Å². The van der Waals surface area contributed by atoms with Crippen LogP contribution >= 0.6 is 0 Å². The molecule has 1 fully saturated rings. The summed E-state index contributed by atoms with van der Waals surface area (Å²) in [4.78, 5) is 15.5. The average molecular weight is 200 g/mol. The average Bonchev–Trinajstić information content (AvgIpc) is 2.31. The summed E-state index contributed by atoms with van der Waals surface area (Å²) < 4.78 is 4.99. The zero-order valence-corrected chi connectivity index (χ0v) is 9.16. The minimum Gasteiger partial charge on any atom is -0.385 e. The second-order valence-electron chi connectivity index (χ2n) is 3.79. The van der Waals surface area contributed by atoms with E-state index in [0.717, 1.165) is 39.1 Å². The predicted molar refractivity (Wildman–Crippen MR) is 55.2 cm³/mol. The number of hydrogen-bond acceptors (Lipinski definition) is 3. The van der Waals surface area contributed by atoms with Gasteiger partial charge in [0.15, 0.2) is 0 Å². The van der Waals surface area contributed by atoms with Gasteiger partial charge in [0.1, 0.15) is 0 Å². The van der Waals surface area contributed by atoms with E-state index in [0.29, 0.717) is 6.54 Å². The van der Waals surface area contributed by atoms with Gasteiger partial charge in [-0.1, -0.05) is 0 Å². The van der Waals surface area contributed by atoms with Gasteiger partial charge in [0.05, 0.1) is 6.54 Å². The lowest BCUT2D eigenvalue weighted by molar-refractivity contribution is -0.129. The van der Waals surface area contributed by atoms with Crippen LogP contribution in [-0.4, -0.2) is 62.7 Å². The van der Waals surface area contributed by atoms with E-state index >= 15 is 0 Å². The first-order valence-corrected chi connectivity index (χ1v) is 5.19. The Morgan fingerprint density at radius 2 is 2.21 bits per heavy atom. The molecule has 0 radical (unpaired) electrons. The van der Waals surface area contributed by atoms with Crippen molar-refractivity contribution in [3.63, 3.8) is 0 Å². The monoisotopic (exact) mass is 200 g/mol. The van der Waals surface area contributed by atoms with Gasteiger partial charge in [0.2, 0.25) is 5.91 Å². The van der Waals surface area contributed by atoms with Crippen molar-refractivity contribution >= 4 is 5.91 Å². The van der Waals surface area contributed by atoms with Gasteiger partial charge in [-0.2, -0.15) is 0 Å². The van der Waals surface area contributed by atoms with Crippen molar-refractivity contribution in [2.45, 2.75) is 12.8 Å². The molecule has 1 heterocycles. The second-order valence-corrected chi connectivity index (χ2v) is 3.79. The predicted octanol–water partition coefficient (Wildman–Crippen LogP) is 0.187. The lowest BCUT2D eigenvalue weighted by Gasteiger charge is -2.18. The Morgan fingerprint density at radius 1 is 1.43 bits per heavy atom. The van der Waals surface area contributed by atoms with Gasteiger partial charge in [-0.3, -0.25) is 9.69 Å². The lowest BCUT2D eigenvalue weighted by Crippen LogP contribution is -2.35. The largest absolute Gasteiger partial charge is 0.385 e. The highest BCUT2D eigenvalue weighted by atomic mass is 16.5. The molecule has 0 aliphatic carbocycles. The van der Waals surface area contributed by atoms with Crippen molar-refractivity contribution in [3.8, 4) is 0 Å². The maximum atomic E-state index is 11.5. The van der Waals surface area contributed by atoms with Crippen LogP contribution in [0.15, 0.2) is 0 Å². The Labute approximate surface area is 85.8 Å². The molecule has 0 unspecified atom stereocenters. The van der Waals surface area contributed by atoms with Crippen LogP contribution in [-0.2, 0) is 9.53 Å². The van der Waals surface area contributed by atoms with Crippen LogP contribution in [0.5, 0.6) is 0 Å². The van der Waals surface area contributed by atoms with Gasteiger partial charge in [-0.05, 0) is 12.8 Å². The SMILES string of the molecule is COCCCN1CCCN(C)C(=O)C1. The number of amides is 1. The molecule has 0 aromatic carbocycles. The van der Waals surface area contributed by atoms with Gasteiger partial charge < -0.3 is 9.64 Å². The van der Waals surface area contributed by atoms with Crippen molar-refractivity contribution in [1.29, 1.82) is 0 Å². The minimum atomic E-state index is 0.236. The molecule has 1 aliphatic rings. The quantitative estimate of drug-likeness (QED) is 0.607. The standard InChI is InChI=1S/C10H20N2O2/c1-11-5-3-6-12(9-10(11)13)7-4-8-14-2/h3-9H2,1-2H3. The van der Waals surface area contributed by atoms with Gasteiger partial charge in [-0.15, -0.1) is 0 Å². The summed E-state index contributed by atoms with van der Waals surface area (Å²) in [5, 5.41) is 0. The Balaban J connectivity index is 2.27. The smallest absolute Gasteiger partial charge is 0.236 e. The molecule has 82 valence electrons. The molecule has 0 spiro atoms. The number of rotatable bonds is 4. The van der Waals surface area contributed by atoms with E-state index in [1.54, 1.807) is 7.11 Å². The van der Waals surface area contributed by atoms with Crippen LogP contribution in [0.2, 0.25) is 0 Å². The second kappa shape index (κ2) is 5.98. The van der Waals surface area contributed by atoms with Crippen molar-refractivity contribution < 1.29 is 9.53 Å². The summed E-state index contributed by atoms with van der Waals surface area (Å²) >= 11 is 0. The van der Waals surface area contributed by atoms with E-state index in [4.69, 9.17) is 4.74 Å². The fourth-order valence-corrected chi connectivity index (χ4v) is 1.67. The molecule has 1 aliphatic heterocycles. The minimum absolute atomic E-state index is 0.236. The summed E-state index contributed by atoms with van der Waals surface area (Å²) in [6.45, 7) is 4.23. The molecule has 0 aromatic rings. The molecule has 0 N–H and O–H groups in total. The lowest BCUT2D eigenvalue weighted by atomic mass is 10.3. The van der Waals surface area contributed by atoms with E-state index in [-0.39, 0.29) is 5.91 Å². The van der Waals surface area contributed by atoms with Gasteiger partial charge in [0, 0.05) is 40.4 Å². The van der Waals surface area contributed by atoms with Crippen molar-refractivity contribution in [3.05, 3.63) is 0 Å². The van der Waals surface area contributed by atoms with E-state index in [2.05, 4.69) is 4.90 Å². The molecule has 1 rings (SSSR count). The third-order valence-electron chi connectivity index (χ3n) is 2.58. The molecule has 0 saturated carbocycles. The number of ether oxygens (including phenoxy) is 1. The molecular weight excluding hydrogens is 180 g/mol. The highest BCUT2D eigenvalue weighted by Crippen LogP contribution is 2.02. The Kier molecular flexibility index (Phi) is 4.90. The number of carbonyl (C=O) groups excluding carboxylic acids is 1. The number of carbonyl (C=O) groups is 1. The van der Waals surface area contributed by atoms with E-state index in [1.165, 1.54) is 0 Å². The van der Waals surface area contributed by atoms with Crippen LogP contribution < -0.4 is 0 Å². The van der Waals surface area contributed by atoms with E-state index < -0.39 is 0 Å². The molecule has 1 saturated heterocycles. The van der Waals surface area contributed by atoms with Gasteiger partial charge >= 0.3 is 0 Å². The third kappa shape index (κ3) is 3.64. The fourth-order valence-electron chi connectivity index (χ4n) is 1.67. The molecule has 4 heteroatoms. The molecule has 0 atom stereocenters. The van der Waals surface area contributed by atoms with Gasteiger partial charge in [-0.25, -0.2) is 0 Å². The number of methoxy groups -OCH3 is 1. The summed E-state index contributed by atoms with van der Waals surface area (Å²) in [6.07, 6.45) is 2.09. The first kappa shape index (κ1) is 11.5. The molecule has 14 heavy (non-hydrogen) atoms. The van der Waals surface area contributed by atoms with Crippen LogP contribution in [0.4, 0.5) is 0 Å². The molecule has 0 bridgehead atoms. The summed E-state index contributed by atoms with van der Waals surface area (Å²) in [6, 6.07) is 0. The summed E-state index contributed by atoms with van der Waals surface area (Å²) in [5.74, 6) is 0.236. The van der Waals surface area contributed by atoms with Crippen LogP contribution in [0.25, 0.3) is 0 Å². The third-order valence-corrected chi connectivity index (χ3v) is 2.58. The molecule has 0 aromatic heterocycles.